The summed E-state index contributed by atoms with van der Waals surface area (Å²) in [5.74, 6) is 13.2. The maximum absolute atomic E-state index is 3.77. The second kappa shape index (κ2) is 16.8. The van der Waals surface area contributed by atoms with Gasteiger partial charge >= 0.3 is 0 Å². The molecule has 0 saturated carbocycles. The highest BCUT2D eigenvalue weighted by Crippen LogP contribution is 2.52. The first-order chi connectivity index (χ1) is 25.0. The number of aryl methyl sites for hydroxylation is 3. The van der Waals surface area contributed by atoms with Gasteiger partial charge in [-0.15, -0.1) is 0 Å². The average molecular weight is 668 g/mol. The number of fused-ring (bicyclic) bond motifs is 3. The maximum atomic E-state index is 3.77. The minimum atomic E-state index is -0.368. The van der Waals surface area contributed by atoms with Gasteiger partial charge in [0.05, 0.1) is 5.41 Å². The Bertz CT molecular complexity index is 2040. The molecular weight excluding hydrogens is 615 g/mol. The van der Waals surface area contributed by atoms with Crippen LogP contribution in [0.25, 0.3) is 22.3 Å². The summed E-state index contributed by atoms with van der Waals surface area (Å²) < 4.78 is 0. The van der Waals surface area contributed by atoms with E-state index in [-0.39, 0.29) is 5.41 Å². The Morgan fingerprint density at radius 1 is 0.529 bits per heavy atom. The molecule has 0 aromatic heterocycles. The van der Waals surface area contributed by atoms with Gasteiger partial charge in [0.2, 0.25) is 0 Å². The van der Waals surface area contributed by atoms with Crippen LogP contribution in [0.15, 0.2) is 109 Å². The summed E-state index contributed by atoms with van der Waals surface area (Å²) in [7, 11) is 0. The molecule has 51 heavy (non-hydrogen) atoms. The zero-order valence-electron chi connectivity index (χ0n) is 31.4. The Hall–Kier alpha value is -4.98. The van der Waals surface area contributed by atoms with Crippen molar-refractivity contribution in [3.63, 3.8) is 0 Å². The van der Waals surface area contributed by atoms with Crippen molar-refractivity contribution in [1.29, 1.82) is 0 Å². The number of nitrogens with zero attached hydrogens (tertiary/aromatic N) is 1. The van der Waals surface area contributed by atoms with E-state index >= 15 is 0 Å². The third kappa shape index (κ3) is 8.01. The molecule has 0 aliphatic heterocycles. The molecule has 0 radical (unpaired) electrons. The van der Waals surface area contributed by atoms with Gasteiger partial charge in [0, 0.05) is 17.1 Å². The van der Waals surface area contributed by atoms with Crippen LogP contribution in [0.5, 0.6) is 0 Å². The largest absolute Gasteiger partial charge is 0.311 e. The molecule has 6 rings (SSSR count). The Kier molecular flexibility index (Phi) is 11.8. The van der Waals surface area contributed by atoms with E-state index in [9.17, 15) is 0 Å². The van der Waals surface area contributed by atoms with Crippen molar-refractivity contribution < 1.29 is 0 Å². The van der Waals surface area contributed by atoms with Crippen molar-refractivity contribution in [2.45, 2.75) is 104 Å². The van der Waals surface area contributed by atoms with Gasteiger partial charge in [0.25, 0.3) is 0 Å². The summed E-state index contributed by atoms with van der Waals surface area (Å²) in [6.45, 7) is 10.8. The van der Waals surface area contributed by atoms with Gasteiger partial charge in [-0.25, -0.2) is 0 Å². The van der Waals surface area contributed by atoms with Crippen LogP contribution in [0.1, 0.15) is 106 Å². The molecule has 0 amide bonds. The van der Waals surface area contributed by atoms with E-state index in [4.69, 9.17) is 0 Å². The first-order valence-corrected chi connectivity index (χ1v) is 19.2. The van der Waals surface area contributed by atoms with Crippen LogP contribution in [-0.2, 0) is 11.8 Å². The lowest BCUT2D eigenvalue weighted by Gasteiger charge is -2.27. The molecule has 0 saturated heterocycles. The second-order valence-corrected chi connectivity index (χ2v) is 14.3. The summed E-state index contributed by atoms with van der Waals surface area (Å²) in [6.07, 6.45) is 12.1. The second-order valence-electron chi connectivity index (χ2n) is 14.3. The molecule has 1 aliphatic carbocycles. The average Bonchev–Trinajstić information content (AvgIpc) is 3.42. The Morgan fingerprint density at radius 3 is 1.75 bits per heavy atom. The van der Waals surface area contributed by atoms with Gasteiger partial charge in [-0.3, -0.25) is 0 Å². The third-order valence-electron chi connectivity index (χ3n) is 10.5. The van der Waals surface area contributed by atoms with Crippen LogP contribution in [0.3, 0.4) is 0 Å². The van der Waals surface area contributed by atoms with Crippen molar-refractivity contribution in [2.75, 3.05) is 4.90 Å². The zero-order valence-corrected chi connectivity index (χ0v) is 31.4. The number of benzene rings is 5. The normalized spacial score (nSPS) is 14.1. The molecule has 1 aliphatic rings. The van der Waals surface area contributed by atoms with Gasteiger partial charge in [-0.1, -0.05) is 148 Å². The van der Waals surface area contributed by atoms with Gasteiger partial charge < -0.3 is 4.90 Å². The van der Waals surface area contributed by atoms with Crippen molar-refractivity contribution in [2.24, 2.45) is 0 Å². The lowest BCUT2D eigenvalue weighted by Crippen LogP contribution is -2.23. The van der Waals surface area contributed by atoms with Crippen LogP contribution in [-0.4, -0.2) is 0 Å². The first-order valence-electron chi connectivity index (χ1n) is 19.2. The van der Waals surface area contributed by atoms with Gasteiger partial charge in [0.15, 0.2) is 0 Å². The van der Waals surface area contributed by atoms with Gasteiger partial charge in [-0.05, 0) is 133 Å². The van der Waals surface area contributed by atoms with Crippen LogP contribution in [0.4, 0.5) is 17.1 Å². The van der Waals surface area contributed by atoms with E-state index in [0.29, 0.717) is 0 Å². The molecule has 1 atom stereocenters. The van der Waals surface area contributed by atoms with Gasteiger partial charge in [-0.2, -0.15) is 0 Å². The van der Waals surface area contributed by atoms with Crippen LogP contribution in [0.2, 0.25) is 0 Å². The topological polar surface area (TPSA) is 3.24 Å². The highest BCUT2D eigenvalue weighted by molar-refractivity contribution is 5.86. The molecule has 1 nitrogen and oxygen atoms in total. The molecule has 1 heteroatoms. The molecule has 5 aromatic carbocycles. The lowest BCUT2D eigenvalue weighted by molar-refractivity contribution is 0.528. The molecule has 258 valence electrons. The van der Waals surface area contributed by atoms with E-state index in [1.54, 1.807) is 0 Å². The molecular formula is C50H53N. The third-order valence-corrected chi connectivity index (χ3v) is 10.5. The number of anilines is 3. The van der Waals surface area contributed by atoms with Crippen molar-refractivity contribution >= 4 is 17.1 Å². The van der Waals surface area contributed by atoms with Crippen molar-refractivity contribution in [1.82, 2.24) is 0 Å². The summed E-state index contributed by atoms with van der Waals surface area (Å²) in [5, 5.41) is 0. The molecule has 0 N–H and O–H groups in total. The first kappa shape index (κ1) is 35.8. The van der Waals surface area contributed by atoms with Crippen LogP contribution in [0, 0.1) is 37.5 Å². The van der Waals surface area contributed by atoms with Crippen LogP contribution < -0.4 is 4.90 Å². The Balaban J connectivity index is 1.37. The van der Waals surface area contributed by atoms with Crippen molar-refractivity contribution in [3.8, 4) is 45.9 Å². The lowest BCUT2D eigenvalue weighted by atomic mass is 9.74. The maximum Gasteiger partial charge on any atom is 0.0834 e. The van der Waals surface area contributed by atoms with E-state index in [1.807, 2.05) is 6.92 Å². The zero-order chi connectivity index (χ0) is 35.6. The van der Waals surface area contributed by atoms with Crippen LogP contribution >= 0.6 is 0 Å². The monoisotopic (exact) mass is 667 g/mol. The number of hydrogen-bond acceptors (Lipinski definition) is 1. The quantitative estimate of drug-likeness (QED) is 0.0841. The summed E-state index contributed by atoms with van der Waals surface area (Å²) in [5.41, 5.74) is 14.8. The predicted octanol–water partition coefficient (Wildman–Crippen LogP) is 13.8. The number of rotatable bonds is 14. The molecule has 0 bridgehead atoms. The minimum absolute atomic E-state index is 0.368. The summed E-state index contributed by atoms with van der Waals surface area (Å²) in [6, 6.07) is 41.1. The van der Waals surface area contributed by atoms with E-state index in [0.717, 1.165) is 30.6 Å². The van der Waals surface area contributed by atoms with Crippen molar-refractivity contribution in [3.05, 3.63) is 137 Å². The summed E-state index contributed by atoms with van der Waals surface area (Å²) in [4.78, 5) is 2.37. The Morgan fingerprint density at radius 2 is 1.08 bits per heavy atom. The highest BCUT2D eigenvalue weighted by Gasteiger charge is 2.42. The fourth-order valence-electron chi connectivity index (χ4n) is 7.68. The highest BCUT2D eigenvalue weighted by atomic mass is 15.1. The molecule has 5 aromatic rings. The molecule has 0 spiro atoms. The van der Waals surface area contributed by atoms with E-state index in [1.165, 1.54) is 101 Å². The molecule has 1 unspecified atom stereocenters. The molecule has 0 fully saturated rings. The minimum Gasteiger partial charge on any atom is -0.311 e. The fourth-order valence-corrected chi connectivity index (χ4v) is 7.68. The SMILES string of the molecule is CC#CC#CC1(CCCCCCCC)c2cc(C)ccc2-c2ccc(-c3ccc(N(c4ccc(C)cc4)c4ccc(CCCC)cc4)cc3)cc21. The predicted molar refractivity (Wildman–Crippen MR) is 220 cm³/mol. The van der Waals surface area contributed by atoms with E-state index in [2.05, 4.69) is 165 Å². The van der Waals surface area contributed by atoms with Gasteiger partial charge in [0.1, 0.15) is 0 Å². The molecule has 0 heterocycles. The smallest absolute Gasteiger partial charge is 0.0834 e. The Labute approximate surface area is 308 Å². The standard InChI is InChI=1S/C50H53N/c1-6-9-12-13-14-16-35-50(34-15-10-7-2)48-36-39(5)20-32-46(48)47-33-25-42(37-49(47)50)41-23-30-45(31-24-41)51(43-26-18-38(4)19-27-43)44-28-21-40(22-29-44)17-11-8-3/h18-33,36-37H,6,8-9,11-14,16-17,35H2,1-5H3. The fraction of sp³-hybridized carbons (Fsp3) is 0.320. The number of unbranched alkanes of at least 4 members (excludes halogenated alkanes) is 6. The van der Waals surface area contributed by atoms with E-state index < -0.39 is 0 Å². The summed E-state index contributed by atoms with van der Waals surface area (Å²) >= 11 is 0. The number of hydrogen-bond donors (Lipinski definition) is 0.